The lowest BCUT2D eigenvalue weighted by Gasteiger charge is -2.33. The van der Waals surface area contributed by atoms with Crippen molar-refractivity contribution >= 4 is 11.9 Å². The first-order chi connectivity index (χ1) is 11.3. The number of likely N-dealkylation sites (tertiary alicyclic amines) is 1. The van der Waals surface area contributed by atoms with Gasteiger partial charge in [-0.15, -0.1) is 0 Å². The van der Waals surface area contributed by atoms with Crippen LogP contribution >= 0.6 is 0 Å². The number of amides is 1. The van der Waals surface area contributed by atoms with E-state index in [1.54, 1.807) is 7.05 Å². The van der Waals surface area contributed by atoms with Crippen LogP contribution in [-0.4, -0.2) is 74.0 Å². The number of guanidine groups is 1. The van der Waals surface area contributed by atoms with Crippen LogP contribution in [-0.2, 0) is 4.79 Å². The molecule has 0 spiro atoms. The van der Waals surface area contributed by atoms with Gasteiger partial charge in [-0.05, 0) is 47.2 Å². The zero-order valence-electron chi connectivity index (χ0n) is 16.1. The summed E-state index contributed by atoms with van der Waals surface area (Å²) < 4.78 is 0. The van der Waals surface area contributed by atoms with Crippen molar-refractivity contribution in [2.75, 3.05) is 40.8 Å². The topological polar surface area (TPSA) is 60.0 Å². The summed E-state index contributed by atoms with van der Waals surface area (Å²) in [7, 11) is 5.97. The van der Waals surface area contributed by atoms with Crippen molar-refractivity contribution in [2.24, 2.45) is 10.9 Å². The molecule has 1 saturated heterocycles. The van der Waals surface area contributed by atoms with Gasteiger partial charge in [-0.1, -0.05) is 12.8 Å². The molecule has 138 valence electrons. The highest BCUT2D eigenvalue weighted by atomic mass is 16.2. The molecule has 2 rings (SSSR count). The van der Waals surface area contributed by atoms with E-state index in [1.165, 1.54) is 12.8 Å². The summed E-state index contributed by atoms with van der Waals surface area (Å²) >= 11 is 0. The lowest BCUT2D eigenvalue weighted by molar-refractivity contribution is -0.134. The average Bonchev–Trinajstić information content (AvgIpc) is 3.22. The molecule has 1 heterocycles. The number of carbonyl (C=O) groups is 1. The summed E-state index contributed by atoms with van der Waals surface area (Å²) in [5, 5.41) is 6.89. The van der Waals surface area contributed by atoms with Crippen LogP contribution in [0.3, 0.4) is 0 Å². The van der Waals surface area contributed by atoms with E-state index in [0.717, 1.165) is 44.9 Å². The second-order valence-electron chi connectivity index (χ2n) is 8.03. The molecule has 6 heteroatoms. The largest absolute Gasteiger partial charge is 0.355 e. The highest BCUT2D eigenvalue weighted by Crippen LogP contribution is 2.27. The highest BCUT2D eigenvalue weighted by molar-refractivity contribution is 5.81. The number of hydrogen-bond acceptors (Lipinski definition) is 3. The Bertz CT molecular complexity index is 454. The summed E-state index contributed by atoms with van der Waals surface area (Å²) in [6, 6.07) is 0.295. The summed E-state index contributed by atoms with van der Waals surface area (Å²) in [5.74, 6) is 1.47. The maximum atomic E-state index is 12.5. The molecule has 0 radical (unpaired) electrons. The van der Waals surface area contributed by atoms with E-state index in [0.29, 0.717) is 11.9 Å². The minimum Gasteiger partial charge on any atom is -0.355 e. The van der Waals surface area contributed by atoms with E-state index in [1.807, 2.05) is 4.90 Å². The predicted molar refractivity (Wildman–Crippen MR) is 99.2 cm³/mol. The van der Waals surface area contributed by atoms with E-state index in [4.69, 9.17) is 0 Å². The maximum Gasteiger partial charge on any atom is 0.225 e. The minimum atomic E-state index is 0.0533. The van der Waals surface area contributed by atoms with Crippen LogP contribution in [0.2, 0.25) is 0 Å². The first kappa shape index (κ1) is 19.0. The van der Waals surface area contributed by atoms with Crippen LogP contribution in [0, 0.1) is 5.92 Å². The Kier molecular flexibility index (Phi) is 6.49. The van der Waals surface area contributed by atoms with Crippen molar-refractivity contribution in [1.82, 2.24) is 20.4 Å². The van der Waals surface area contributed by atoms with Crippen LogP contribution in [0.4, 0.5) is 0 Å². The quantitative estimate of drug-likeness (QED) is 0.586. The van der Waals surface area contributed by atoms with E-state index >= 15 is 0 Å². The third-order valence-electron chi connectivity index (χ3n) is 5.67. The molecule has 1 aliphatic carbocycles. The molecule has 1 saturated carbocycles. The van der Waals surface area contributed by atoms with Gasteiger partial charge >= 0.3 is 0 Å². The monoisotopic (exact) mass is 337 g/mol. The van der Waals surface area contributed by atoms with Gasteiger partial charge in [-0.3, -0.25) is 9.79 Å². The molecule has 0 aromatic carbocycles. The van der Waals surface area contributed by atoms with Crippen molar-refractivity contribution in [3.05, 3.63) is 0 Å². The number of carbonyl (C=O) groups excluding carboxylic acids is 1. The van der Waals surface area contributed by atoms with E-state index < -0.39 is 0 Å². The molecule has 24 heavy (non-hydrogen) atoms. The average molecular weight is 338 g/mol. The fourth-order valence-electron chi connectivity index (χ4n) is 3.36. The highest BCUT2D eigenvalue weighted by Gasteiger charge is 2.32. The Morgan fingerprint density at radius 1 is 1.25 bits per heavy atom. The molecule has 6 nitrogen and oxygen atoms in total. The fourth-order valence-corrected chi connectivity index (χ4v) is 3.36. The number of nitrogens with one attached hydrogen (secondary N) is 2. The smallest absolute Gasteiger partial charge is 0.225 e. The molecular formula is C18H35N5O. The molecule has 1 amide bonds. The molecule has 1 unspecified atom stereocenters. The summed E-state index contributed by atoms with van der Waals surface area (Å²) in [4.78, 5) is 21.1. The Hall–Kier alpha value is -1.30. The van der Waals surface area contributed by atoms with Crippen LogP contribution in [0.15, 0.2) is 4.99 Å². The fraction of sp³-hybridized carbons (Fsp3) is 0.889. The zero-order chi connectivity index (χ0) is 17.7. The van der Waals surface area contributed by atoms with Gasteiger partial charge in [-0.2, -0.15) is 0 Å². The molecule has 2 N–H and O–H groups in total. The van der Waals surface area contributed by atoms with E-state index in [2.05, 4.69) is 48.5 Å². The first-order valence-electron chi connectivity index (χ1n) is 9.27. The van der Waals surface area contributed by atoms with Gasteiger partial charge in [0.2, 0.25) is 5.91 Å². The SMILES string of the molecule is CN=C(NCC(C)(C)N(C)C)NC1CCN(C(=O)C2CCCC2)C1. The van der Waals surface area contributed by atoms with E-state index in [9.17, 15) is 4.79 Å². The van der Waals surface area contributed by atoms with Crippen LogP contribution in [0.5, 0.6) is 0 Å². The van der Waals surface area contributed by atoms with Crippen LogP contribution in [0.25, 0.3) is 0 Å². The molecule has 1 aliphatic heterocycles. The van der Waals surface area contributed by atoms with Crippen molar-refractivity contribution in [3.63, 3.8) is 0 Å². The third-order valence-corrected chi connectivity index (χ3v) is 5.67. The van der Waals surface area contributed by atoms with Gasteiger partial charge in [0.15, 0.2) is 5.96 Å². The van der Waals surface area contributed by atoms with Crippen molar-refractivity contribution in [2.45, 2.75) is 57.5 Å². The summed E-state index contributed by atoms with van der Waals surface area (Å²) in [6.45, 7) is 6.88. The van der Waals surface area contributed by atoms with Crippen LogP contribution in [0.1, 0.15) is 46.0 Å². The maximum absolute atomic E-state index is 12.5. The van der Waals surface area contributed by atoms with Crippen molar-refractivity contribution in [3.8, 4) is 0 Å². The van der Waals surface area contributed by atoms with Gasteiger partial charge in [0.25, 0.3) is 0 Å². The lowest BCUT2D eigenvalue weighted by Crippen LogP contribution is -2.52. The number of aliphatic imine (C=N–C) groups is 1. The molecular weight excluding hydrogens is 302 g/mol. The Balaban J connectivity index is 1.79. The normalized spacial score (nSPS) is 23.2. The lowest BCUT2D eigenvalue weighted by atomic mass is 10.0. The van der Waals surface area contributed by atoms with Crippen molar-refractivity contribution < 1.29 is 4.79 Å². The second kappa shape index (κ2) is 8.19. The van der Waals surface area contributed by atoms with Crippen molar-refractivity contribution in [1.29, 1.82) is 0 Å². The number of likely N-dealkylation sites (N-methyl/N-ethyl adjacent to an activating group) is 1. The Labute approximate surface area is 147 Å². The molecule has 2 fully saturated rings. The summed E-state index contributed by atoms with van der Waals surface area (Å²) in [6.07, 6.45) is 5.58. The molecule has 0 aromatic heterocycles. The minimum absolute atomic E-state index is 0.0533. The van der Waals surface area contributed by atoms with Gasteiger partial charge in [-0.25, -0.2) is 0 Å². The van der Waals surface area contributed by atoms with E-state index in [-0.39, 0.29) is 11.5 Å². The predicted octanol–water partition coefficient (Wildman–Crippen LogP) is 1.28. The van der Waals surface area contributed by atoms with Gasteiger partial charge < -0.3 is 20.4 Å². The molecule has 1 atom stereocenters. The van der Waals surface area contributed by atoms with Gasteiger partial charge in [0, 0.05) is 44.2 Å². The first-order valence-corrected chi connectivity index (χ1v) is 9.27. The number of hydrogen-bond donors (Lipinski definition) is 2. The summed E-state index contributed by atoms with van der Waals surface area (Å²) in [5.41, 5.74) is 0.0533. The number of nitrogens with zero attached hydrogens (tertiary/aromatic N) is 3. The van der Waals surface area contributed by atoms with Gasteiger partial charge in [0.05, 0.1) is 0 Å². The Morgan fingerprint density at radius 2 is 1.92 bits per heavy atom. The number of rotatable bonds is 5. The van der Waals surface area contributed by atoms with Crippen LogP contribution < -0.4 is 10.6 Å². The molecule has 0 bridgehead atoms. The molecule has 0 aromatic rings. The third kappa shape index (κ3) is 4.85. The zero-order valence-corrected chi connectivity index (χ0v) is 16.1. The molecule has 2 aliphatic rings. The standard InChI is InChI=1S/C18H35N5O/c1-18(2,22(4)5)13-20-17(19-3)21-15-10-11-23(12-15)16(24)14-8-6-7-9-14/h14-15H,6-13H2,1-5H3,(H2,19,20,21). The van der Waals surface area contributed by atoms with Gasteiger partial charge in [0.1, 0.15) is 0 Å². The second-order valence-corrected chi connectivity index (χ2v) is 8.03. The Morgan fingerprint density at radius 3 is 2.50 bits per heavy atom.